The Morgan fingerprint density at radius 3 is 2.83 bits per heavy atom. The van der Waals surface area contributed by atoms with Crippen LogP contribution in [0, 0.1) is 10.1 Å². The maximum Gasteiger partial charge on any atom is 0.342 e. The second-order valence-electron chi connectivity index (χ2n) is 3.58. The molecule has 0 aliphatic carbocycles. The predicted octanol–water partition coefficient (Wildman–Crippen LogP) is 2.67. The van der Waals surface area contributed by atoms with E-state index in [1.54, 1.807) is 0 Å². The van der Waals surface area contributed by atoms with Crippen molar-refractivity contribution in [2.24, 2.45) is 0 Å². The zero-order valence-electron chi connectivity index (χ0n) is 9.92. The Hall–Kier alpha value is -2.37. The lowest BCUT2D eigenvalue weighted by Gasteiger charge is -2.05. The second-order valence-corrected chi connectivity index (χ2v) is 3.58. The number of anilines is 1. The first-order chi connectivity index (χ1) is 8.56. The van der Waals surface area contributed by atoms with E-state index in [0.717, 1.165) is 6.42 Å². The molecule has 0 bridgehead atoms. The van der Waals surface area contributed by atoms with Crippen LogP contribution in [-0.4, -0.2) is 22.5 Å². The summed E-state index contributed by atoms with van der Waals surface area (Å²) >= 11 is 0. The fraction of sp³-hybridized carbons (Fsp3) is 0.250. The Labute approximate surface area is 104 Å². The van der Waals surface area contributed by atoms with Gasteiger partial charge in [-0.1, -0.05) is 12.2 Å². The first kappa shape index (κ1) is 13.7. The number of nitrogens with zero attached hydrogens (tertiary/aromatic N) is 1. The molecule has 2 N–H and O–H groups in total. The van der Waals surface area contributed by atoms with E-state index < -0.39 is 16.6 Å². The number of carbonyl (C=O) groups is 1. The lowest BCUT2D eigenvalue weighted by molar-refractivity contribution is -0.385. The van der Waals surface area contributed by atoms with Crippen molar-refractivity contribution < 1.29 is 14.8 Å². The number of nitro groups is 1. The van der Waals surface area contributed by atoms with Crippen LogP contribution in [-0.2, 0) is 0 Å². The summed E-state index contributed by atoms with van der Waals surface area (Å²) in [6.45, 7) is 2.54. The van der Waals surface area contributed by atoms with E-state index in [0.29, 0.717) is 12.2 Å². The summed E-state index contributed by atoms with van der Waals surface area (Å²) in [6.07, 6.45) is 4.68. The van der Waals surface area contributed by atoms with Crippen molar-refractivity contribution in [2.45, 2.75) is 13.3 Å². The van der Waals surface area contributed by atoms with E-state index in [-0.39, 0.29) is 5.56 Å². The summed E-state index contributed by atoms with van der Waals surface area (Å²) in [5, 5.41) is 22.6. The number of benzene rings is 1. The molecule has 0 aliphatic rings. The SMILES string of the molecule is C/C=C/CCNc1ccc(C(=O)O)c([N+](=O)[O-])c1. The van der Waals surface area contributed by atoms with Gasteiger partial charge in [-0.2, -0.15) is 0 Å². The quantitative estimate of drug-likeness (QED) is 0.350. The Bertz CT molecular complexity index is 483. The average Bonchev–Trinajstić information content (AvgIpc) is 2.34. The molecule has 1 aromatic carbocycles. The number of hydrogen-bond donors (Lipinski definition) is 2. The number of carboxylic acids is 1. The van der Waals surface area contributed by atoms with E-state index in [9.17, 15) is 14.9 Å². The van der Waals surface area contributed by atoms with E-state index in [4.69, 9.17) is 5.11 Å². The molecule has 0 aliphatic heterocycles. The lowest BCUT2D eigenvalue weighted by atomic mass is 10.1. The number of aromatic carboxylic acids is 1. The highest BCUT2D eigenvalue weighted by Gasteiger charge is 2.19. The van der Waals surface area contributed by atoms with Crippen molar-refractivity contribution in [3.8, 4) is 0 Å². The molecule has 6 heteroatoms. The fourth-order valence-electron chi connectivity index (χ4n) is 1.44. The number of carboxylic acid groups (broad SMARTS) is 1. The van der Waals surface area contributed by atoms with Crippen LogP contribution in [0.3, 0.4) is 0 Å². The zero-order valence-corrected chi connectivity index (χ0v) is 9.92. The van der Waals surface area contributed by atoms with E-state index in [1.165, 1.54) is 18.2 Å². The summed E-state index contributed by atoms with van der Waals surface area (Å²) in [7, 11) is 0. The van der Waals surface area contributed by atoms with E-state index in [2.05, 4.69) is 5.32 Å². The van der Waals surface area contributed by atoms with Gasteiger partial charge in [0, 0.05) is 18.3 Å². The summed E-state index contributed by atoms with van der Waals surface area (Å²) < 4.78 is 0. The van der Waals surface area contributed by atoms with Gasteiger partial charge >= 0.3 is 5.97 Å². The van der Waals surface area contributed by atoms with E-state index in [1.807, 2.05) is 19.1 Å². The normalized spacial score (nSPS) is 10.5. The Balaban J connectivity index is 2.86. The van der Waals surface area contributed by atoms with Gasteiger partial charge in [-0.3, -0.25) is 10.1 Å². The van der Waals surface area contributed by atoms with Crippen molar-refractivity contribution in [2.75, 3.05) is 11.9 Å². The minimum absolute atomic E-state index is 0.306. The van der Waals surface area contributed by atoms with Gasteiger partial charge in [0.05, 0.1) is 4.92 Å². The zero-order chi connectivity index (χ0) is 13.5. The monoisotopic (exact) mass is 250 g/mol. The predicted molar refractivity (Wildman–Crippen MR) is 68.0 cm³/mol. The molecule has 0 aromatic heterocycles. The van der Waals surface area contributed by atoms with Crippen LogP contribution in [0.4, 0.5) is 11.4 Å². The first-order valence-electron chi connectivity index (χ1n) is 5.43. The molecule has 1 rings (SSSR count). The van der Waals surface area contributed by atoms with Crippen molar-refractivity contribution >= 4 is 17.3 Å². The van der Waals surface area contributed by atoms with Gasteiger partial charge in [0.1, 0.15) is 5.56 Å². The molecular weight excluding hydrogens is 236 g/mol. The van der Waals surface area contributed by atoms with Crippen LogP contribution in [0.5, 0.6) is 0 Å². The molecular formula is C12H14N2O4. The molecule has 0 atom stereocenters. The molecule has 1 aromatic rings. The number of nitro benzene ring substituents is 1. The first-order valence-corrected chi connectivity index (χ1v) is 5.43. The van der Waals surface area contributed by atoms with Gasteiger partial charge < -0.3 is 10.4 Å². The molecule has 96 valence electrons. The minimum Gasteiger partial charge on any atom is -0.477 e. The molecule has 0 spiro atoms. The maximum atomic E-state index is 10.8. The minimum atomic E-state index is -1.30. The van der Waals surface area contributed by atoms with Crippen molar-refractivity contribution in [1.29, 1.82) is 0 Å². The number of rotatable bonds is 6. The third-order valence-corrected chi connectivity index (χ3v) is 2.30. The lowest BCUT2D eigenvalue weighted by Crippen LogP contribution is -2.05. The van der Waals surface area contributed by atoms with Crippen LogP contribution >= 0.6 is 0 Å². The van der Waals surface area contributed by atoms with E-state index >= 15 is 0 Å². The van der Waals surface area contributed by atoms with Crippen LogP contribution in [0.2, 0.25) is 0 Å². The summed E-state index contributed by atoms with van der Waals surface area (Å²) in [6, 6.07) is 3.99. The Morgan fingerprint density at radius 2 is 2.28 bits per heavy atom. The average molecular weight is 250 g/mol. The van der Waals surface area contributed by atoms with Gasteiger partial charge in [0.2, 0.25) is 0 Å². The maximum absolute atomic E-state index is 10.8. The molecule has 0 radical (unpaired) electrons. The molecule has 0 heterocycles. The smallest absolute Gasteiger partial charge is 0.342 e. The highest BCUT2D eigenvalue weighted by atomic mass is 16.6. The van der Waals surface area contributed by atoms with Crippen molar-refractivity contribution in [3.05, 3.63) is 46.0 Å². The largest absolute Gasteiger partial charge is 0.477 e. The summed E-state index contributed by atoms with van der Waals surface area (Å²) in [4.78, 5) is 20.9. The standard InChI is InChI=1S/C12H14N2O4/c1-2-3-4-7-13-9-5-6-10(12(15)16)11(8-9)14(17)18/h2-3,5-6,8,13H,4,7H2,1H3,(H,15,16)/b3-2+. The Morgan fingerprint density at radius 1 is 1.56 bits per heavy atom. The molecule has 0 amide bonds. The molecule has 18 heavy (non-hydrogen) atoms. The van der Waals surface area contributed by atoms with Crippen molar-refractivity contribution in [3.63, 3.8) is 0 Å². The fourth-order valence-corrected chi connectivity index (χ4v) is 1.44. The number of allylic oxidation sites excluding steroid dienone is 1. The Kier molecular flexibility index (Phi) is 4.86. The number of nitrogens with one attached hydrogen (secondary N) is 1. The molecule has 0 saturated carbocycles. The van der Waals surface area contributed by atoms with Gasteiger partial charge in [-0.15, -0.1) is 0 Å². The van der Waals surface area contributed by atoms with Crippen LogP contribution in [0.25, 0.3) is 0 Å². The van der Waals surface area contributed by atoms with Crippen LogP contribution < -0.4 is 5.32 Å². The van der Waals surface area contributed by atoms with Gasteiger partial charge in [-0.05, 0) is 25.5 Å². The topological polar surface area (TPSA) is 92.5 Å². The summed E-state index contributed by atoms with van der Waals surface area (Å²) in [5.74, 6) is -1.30. The van der Waals surface area contributed by atoms with Gasteiger partial charge in [0.25, 0.3) is 5.69 Å². The van der Waals surface area contributed by atoms with Crippen LogP contribution in [0.1, 0.15) is 23.7 Å². The van der Waals surface area contributed by atoms with Gasteiger partial charge in [0.15, 0.2) is 0 Å². The number of hydrogen-bond acceptors (Lipinski definition) is 4. The highest BCUT2D eigenvalue weighted by Crippen LogP contribution is 2.23. The molecule has 0 fully saturated rings. The van der Waals surface area contributed by atoms with Gasteiger partial charge in [-0.25, -0.2) is 4.79 Å². The third kappa shape index (κ3) is 3.58. The molecule has 0 saturated heterocycles. The second kappa shape index (κ2) is 6.39. The molecule has 6 nitrogen and oxygen atoms in total. The van der Waals surface area contributed by atoms with Crippen LogP contribution in [0.15, 0.2) is 30.4 Å². The summed E-state index contributed by atoms with van der Waals surface area (Å²) in [5.41, 5.74) is -0.172. The third-order valence-electron chi connectivity index (χ3n) is 2.30. The molecule has 0 unspecified atom stereocenters. The highest BCUT2D eigenvalue weighted by molar-refractivity contribution is 5.93. The van der Waals surface area contributed by atoms with Crippen molar-refractivity contribution in [1.82, 2.24) is 0 Å².